The number of aryl methyl sites for hydroxylation is 3. The third kappa shape index (κ3) is 3.26. The van der Waals surface area contributed by atoms with Crippen molar-refractivity contribution in [3.63, 3.8) is 0 Å². The highest BCUT2D eigenvalue weighted by atomic mass is 16.1. The zero-order chi connectivity index (χ0) is 19.7. The molecule has 0 aliphatic rings. The van der Waals surface area contributed by atoms with Crippen molar-refractivity contribution >= 4 is 17.0 Å². The number of fused-ring (bicyclic) bond motifs is 1. The Kier molecular flexibility index (Phi) is 4.64. The van der Waals surface area contributed by atoms with Crippen molar-refractivity contribution in [2.75, 3.05) is 5.32 Å². The van der Waals surface area contributed by atoms with Crippen LogP contribution in [-0.2, 0) is 20.0 Å². The van der Waals surface area contributed by atoms with E-state index in [0.29, 0.717) is 23.5 Å². The fraction of sp³-hybridized carbons (Fsp3) is 0.316. The first-order valence-electron chi connectivity index (χ1n) is 9.25. The summed E-state index contributed by atoms with van der Waals surface area (Å²) in [7, 11) is 1.76. The number of hydrogen-bond donors (Lipinski definition) is 2. The molecule has 144 valence electrons. The summed E-state index contributed by atoms with van der Waals surface area (Å²) in [5.41, 5.74) is 4.24. The van der Waals surface area contributed by atoms with Gasteiger partial charge in [-0.25, -0.2) is 4.98 Å². The molecule has 0 fully saturated rings. The van der Waals surface area contributed by atoms with Crippen molar-refractivity contribution in [2.45, 2.75) is 33.2 Å². The van der Waals surface area contributed by atoms with E-state index >= 15 is 0 Å². The second-order valence-corrected chi connectivity index (χ2v) is 6.64. The molecule has 1 aromatic carbocycles. The van der Waals surface area contributed by atoms with Gasteiger partial charge in [0.2, 0.25) is 5.95 Å². The molecule has 0 aliphatic heterocycles. The van der Waals surface area contributed by atoms with Crippen molar-refractivity contribution in [1.82, 2.24) is 34.7 Å². The Labute approximate surface area is 161 Å². The van der Waals surface area contributed by atoms with E-state index < -0.39 is 0 Å². The fourth-order valence-corrected chi connectivity index (χ4v) is 3.15. The van der Waals surface area contributed by atoms with Gasteiger partial charge in [-0.3, -0.25) is 14.5 Å². The smallest absolute Gasteiger partial charge is 0.278 e. The Hall–Kier alpha value is -3.49. The van der Waals surface area contributed by atoms with Gasteiger partial charge in [0.25, 0.3) is 5.56 Å². The lowest BCUT2D eigenvalue weighted by Gasteiger charge is -2.04. The zero-order valence-electron chi connectivity index (χ0n) is 16.1. The highest BCUT2D eigenvalue weighted by molar-refractivity contribution is 5.77. The maximum atomic E-state index is 12.5. The Bertz CT molecular complexity index is 1170. The van der Waals surface area contributed by atoms with Crippen molar-refractivity contribution in [2.24, 2.45) is 7.05 Å². The molecule has 0 amide bonds. The standard InChI is InChI=1S/C19H22N8O/c1-4-8-14-16-17(26(3)24-14)18(28)22-19(21-16)20-11-15-12(2)23-27(25-15)13-9-6-5-7-10-13/h5-7,9-10H,4,8,11H2,1-3H3,(H2,20,21,22,28). The summed E-state index contributed by atoms with van der Waals surface area (Å²) >= 11 is 0. The van der Waals surface area contributed by atoms with Gasteiger partial charge in [-0.15, -0.1) is 0 Å². The molecule has 4 rings (SSSR count). The number of hydrogen-bond acceptors (Lipinski definition) is 6. The Morgan fingerprint density at radius 3 is 2.64 bits per heavy atom. The number of anilines is 1. The molecule has 4 aromatic rings. The van der Waals surface area contributed by atoms with Crippen LogP contribution in [-0.4, -0.2) is 34.7 Å². The zero-order valence-corrected chi connectivity index (χ0v) is 16.1. The molecule has 0 radical (unpaired) electrons. The quantitative estimate of drug-likeness (QED) is 0.532. The molecule has 0 spiro atoms. The first kappa shape index (κ1) is 17.9. The summed E-state index contributed by atoms with van der Waals surface area (Å²) < 4.78 is 1.59. The number of rotatable bonds is 6. The molecule has 3 aromatic heterocycles. The third-order valence-electron chi connectivity index (χ3n) is 4.54. The molecule has 28 heavy (non-hydrogen) atoms. The van der Waals surface area contributed by atoms with Gasteiger partial charge in [-0.05, 0) is 25.5 Å². The number of aromatic nitrogens is 7. The predicted molar refractivity (Wildman–Crippen MR) is 107 cm³/mol. The molecule has 2 N–H and O–H groups in total. The van der Waals surface area contributed by atoms with Gasteiger partial charge in [0, 0.05) is 7.05 Å². The highest BCUT2D eigenvalue weighted by Gasteiger charge is 2.15. The van der Waals surface area contributed by atoms with Crippen molar-refractivity contribution in [3.05, 3.63) is 57.8 Å². The lowest BCUT2D eigenvalue weighted by molar-refractivity contribution is 0.736. The number of aromatic amines is 1. The molecule has 0 atom stereocenters. The lowest BCUT2D eigenvalue weighted by atomic mass is 10.2. The van der Waals surface area contributed by atoms with Gasteiger partial charge in [0.15, 0.2) is 5.52 Å². The van der Waals surface area contributed by atoms with Crippen molar-refractivity contribution in [3.8, 4) is 5.69 Å². The average molecular weight is 378 g/mol. The second kappa shape index (κ2) is 7.26. The van der Waals surface area contributed by atoms with E-state index in [2.05, 4.69) is 37.5 Å². The highest BCUT2D eigenvalue weighted by Crippen LogP contribution is 2.16. The van der Waals surface area contributed by atoms with Gasteiger partial charge in [0.05, 0.1) is 23.6 Å². The first-order chi connectivity index (χ1) is 13.6. The minimum Gasteiger partial charge on any atom is -0.350 e. The van der Waals surface area contributed by atoms with E-state index in [-0.39, 0.29) is 5.56 Å². The summed E-state index contributed by atoms with van der Waals surface area (Å²) in [4.78, 5) is 21.4. The molecule has 0 saturated heterocycles. The largest absolute Gasteiger partial charge is 0.350 e. The number of para-hydroxylation sites is 1. The number of nitrogens with one attached hydrogen (secondary N) is 2. The monoisotopic (exact) mass is 378 g/mol. The first-order valence-corrected chi connectivity index (χ1v) is 9.25. The molecular formula is C19H22N8O. The third-order valence-corrected chi connectivity index (χ3v) is 4.54. The molecule has 9 nitrogen and oxygen atoms in total. The van der Waals surface area contributed by atoms with Crippen LogP contribution in [0.5, 0.6) is 0 Å². The van der Waals surface area contributed by atoms with E-state index in [1.54, 1.807) is 16.5 Å². The van der Waals surface area contributed by atoms with Crippen LogP contribution in [0.2, 0.25) is 0 Å². The van der Waals surface area contributed by atoms with Crippen LogP contribution in [0.1, 0.15) is 30.4 Å². The second-order valence-electron chi connectivity index (χ2n) is 6.64. The van der Waals surface area contributed by atoms with Crippen LogP contribution >= 0.6 is 0 Å². The van der Waals surface area contributed by atoms with E-state index in [4.69, 9.17) is 0 Å². The Morgan fingerprint density at radius 1 is 1.11 bits per heavy atom. The molecule has 0 saturated carbocycles. The lowest BCUT2D eigenvalue weighted by Crippen LogP contribution is -2.15. The predicted octanol–water partition coefficient (Wildman–Crippen LogP) is 2.11. The summed E-state index contributed by atoms with van der Waals surface area (Å²) in [5.74, 6) is 0.400. The number of nitrogens with zero attached hydrogens (tertiary/aromatic N) is 6. The van der Waals surface area contributed by atoms with Crippen LogP contribution in [0.3, 0.4) is 0 Å². The van der Waals surface area contributed by atoms with Crippen LogP contribution in [0.4, 0.5) is 5.95 Å². The van der Waals surface area contributed by atoms with Gasteiger partial charge in [-0.2, -0.15) is 20.1 Å². The van der Waals surface area contributed by atoms with E-state index in [1.165, 1.54) is 0 Å². The van der Waals surface area contributed by atoms with Crippen molar-refractivity contribution in [1.29, 1.82) is 0 Å². The van der Waals surface area contributed by atoms with Crippen molar-refractivity contribution < 1.29 is 0 Å². The Balaban J connectivity index is 1.60. The molecule has 0 unspecified atom stereocenters. The van der Waals surface area contributed by atoms with Crippen LogP contribution in [0.15, 0.2) is 35.1 Å². The summed E-state index contributed by atoms with van der Waals surface area (Å²) in [6.07, 6.45) is 1.71. The van der Waals surface area contributed by atoms with Crippen LogP contribution in [0.25, 0.3) is 16.7 Å². The summed E-state index contributed by atoms with van der Waals surface area (Å²) in [6, 6.07) is 9.73. The summed E-state index contributed by atoms with van der Waals surface area (Å²) in [6.45, 7) is 4.38. The normalized spacial score (nSPS) is 11.2. The average Bonchev–Trinajstić information content (AvgIpc) is 3.21. The minimum absolute atomic E-state index is 0.213. The Morgan fingerprint density at radius 2 is 1.89 bits per heavy atom. The van der Waals surface area contributed by atoms with E-state index in [0.717, 1.165) is 35.6 Å². The number of H-pyrrole nitrogens is 1. The molecule has 9 heteroatoms. The summed E-state index contributed by atoms with van der Waals surface area (Å²) in [5, 5.41) is 16.6. The molecule has 3 heterocycles. The molecule has 0 aliphatic carbocycles. The van der Waals surface area contributed by atoms with Crippen LogP contribution in [0, 0.1) is 6.92 Å². The molecular weight excluding hydrogens is 356 g/mol. The van der Waals surface area contributed by atoms with Crippen LogP contribution < -0.4 is 10.9 Å². The van der Waals surface area contributed by atoms with Gasteiger partial charge < -0.3 is 5.32 Å². The SMILES string of the molecule is CCCc1nn(C)c2c(=O)[nH]c(NCc3nn(-c4ccccc4)nc3C)nc12. The van der Waals surface area contributed by atoms with Gasteiger partial charge >= 0.3 is 0 Å². The van der Waals surface area contributed by atoms with E-state index in [9.17, 15) is 4.79 Å². The minimum atomic E-state index is -0.213. The maximum absolute atomic E-state index is 12.5. The molecule has 0 bridgehead atoms. The van der Waals surface area contributed by atoms with E-state index in [1.807, 2.05) is 37.3 Å². The number of benzene rings is 1. The van der Waals surface area contributed by atoms with Gasteiger partial charge in [0.1, 0.15) is 11.2 Å². The topological polar surface area (TPSA) is 106 Å². The van der Waals surface area contributed by atoms with Gasteiger partial charge in [-0.1, -0.05) is 31.5 Å². The maximum Gasteiger partial charge on any atom is 0.278 e. The fourth-order valence-electron chi connectivity index (χ4n) is 3.15.